The minimum atomic E-state index is -0.131. The lowest BCUT2D eigenvalue weighted by Gasteiger charge is -2.36. The first-order valence-electron chi connectivity index (χ1n) is 6.63. The normalized spacial score (nSPS) is 24.3. The van der Waals surface area contributed by atoms with Gasteiger partial charge in [-0.2, -0.15) is 0 Å². The zero-order valence-electron chi connectivity index (χ0n) is 11.3. The zero-order valence-corrected chi connectivity index (χ0v) is 12.1. The molecule has 2 unspecified atom stereocenters. The molecule has 108 valence electrons. The van der Waals surface area contributed by atoms with Crippen LogP contribution in [0.2, 0.25) is 0 Å². The fourth-order valence-corrected chi connectivity index (χ4v) is 3.17. The van der Waals surface area contributed by atoms with Gasteiger partial charge in [-0.3, -0.25) is 4.90 Å². The Morgan fingerprint density at radius 3 is 3.20 bits per heavy atom. The molecule has 1 aliphatic heterocycles. The second kappa shape index (κ2) is 5.61. The molecule has 20 heavy (non-hydrogen) atoms. The summed E-state index contributed by atoms with van der Waals surface area (Å²) in [5.74, 6) is 1.26. The van der Waals surface area contributed by atoms with E-state index < -0.39 is 0 Å². The number of morpholine rings is 1. The topological polar surface area (TPSA) is 84.5 Å². The van der Waals surface area contributed by atoms with Gasteiger partial charge in [0.15, 0.2) is 0 Å². The standard InChI is InChI=1S/C13H18N4O2S/c1-8-7-19-9(6-18)4-17(8)5-11-15-12(14)10-2-3-20-13(10)16-11/h2-3,8-9,18H,4-7H2,1H3,(H2,14,15,16). The minimum Gasteiger partial charge on any atom is -0.394 e. The summed E-state index contributed by atoms with van der Waals surface area (Å²) in [7, 11) is 0. The lowest BCUT2D eigenvalue weighted by Crippen LogP contribution is -2.49. The van der Waals surface area contributed by atoms with Crippen molar-refractivity contribution in [3.05, 3.63) is 17.3 Å². The first kappa shape index (κ1) is 13.7. The van der Waals surface area contributed by atoms with Gasteiger partial charge >= 0.3 is 0 Å². The van der Waals surface area contributed by atoms with Crippen LogP contribution in [0.5, 0.6) is 0 Å². The highest BCUT2D eigenvalue weighted by Crippen LogP contribution is 2.24. The van der Waals surface area contributed by atoms with Crippen molar-refractivity contribution >= 4 is 27.4 Å². The largest absolute Gasteiger partial charge is 0.394 e. The van der Waals surface area contributed by atoms with Crippen molar-refractivity contribution in [1.82, 2.24) is 14.9 Å². The Hall–Kier alpha value is -1.28. The van der Waals surface area contributed by atoms with E-state index in [-0.39, 0.29) is 18.8 Å². The summed E-state index contributed by atoms with van der Waals surface area (Å²) in [5.41, 5.74) is 5.97. The van der Waals surface area contributed by atoms with Gasteiger partial charge < -0.3 is 15.6 Å². The van der Waals surface area contributed by atoms with Crippen LogP contribution in [-0.4, -0.2) is 51.9 Å². The smallest absolute Gasteiger partial charge is 0.146 e. The molecule has 0 bridgehead atoms. The van der Waals surface area contributed by atoms with Crippen LogP contribution in [0.4, 0.5) is 5.82 Å². The summed E-state index contributed by atoms with van der Waals surface area (Å²) < 4.78 is 5.53. The van der Waals surface area contributed by atoms with Crippen molar-refractivity contribution in [2.24, 2.45) is 0 Å². The van der Waals surface area contributed by atoms with Gasteiger partial charge in [-0.1, -0.05) is 0 Å². The fraction of sp³-hybridized carbons (Fsp3) is 0.538. The molecule has 0 saturated carbocycles. The highest BCUT2D eigenvalue weighted by atomic mass is 32.1. The van der Waals surface area contributed by atoms with E-state index in [9.17, 15) is 5.11 Å². The third-order valence-electron chi connectivity index (χ3n) is 3.58. The number of anilines is 1. The summed E-state index contributed by atoms with van der Waals surface area (Å²) >= 11 is 1.57. The number of aliphatic hydroxyl groups excluding tert-OH is 1. The molecule has 0 aromatic carbocycles. The monoisotopic (exact) mass is 294 g/mol. The molecule has 2 aromatic heterocycles. The molecule has 6 nitrogen and oxygen atoms in total. The van der Waals surface area contributed by atoms with Crippen LogP contribution in [0.3, 0.4) is 0 Å². The molecular formula is C13H18N4O2S. The van der Waals surface area contributed by atoms with Gasteiger partial charge in [0.05, 0.1) is 31.2 Å². The minimum absolute atomic E-state index is 0.0379. The Morgan fingerprint density at radius 2 is 2.40 bits per heavy atom. The number of nitrogens with two attached hydrogens (primary N) is 1. The molecular weight excluding hydrogens is 276 g/mol. The summed E-state index contributed by atoms with van der Waals surface area (Å²) in [4.78, 5) is 12.1. The number of ether oxygens (including phenoxy) is 1. The average molecular weight is 294 g/mol. The van der Waals surface area contributed by atoms with Crippen LogP contribution >= 0.6 is 11.3 Å². The maximum absolute atomic E-state index is 9.22. The van der Waals surface area contributed by atoms with Crippen molar-refractivity contribution in [3.8, 4) is 0 Å². The number of nitrogen functional groups attached to an aromatic ring is 1. The predicted octanol–water partition coefficient (Wildman–Crippen LogP) is 0.855. The Labute approximate surface area is 121 Å². The summed E-state index contributed by atoms with van der Waals surface area (Å²) in [5, 5.41) is 12.1. The first-order valence-corrected chi connectivity index (χ1v) is 7.51. The highest BCUT2D eigenvalue weighted by molar-refractivity contribution is 7.16. The van der Waals surface area contributed by atoms with Crippen molar-refractivity contribution in [1.29, 1.82) is 0 Å². The Bertz CT molecular complexity index is 603. The Kier molecular flexibility index (Phi) is 3.84. The molecule has 1 fully saturated rings. The van der Waals surface area contributed by atoms with Crippen LogP contribution in [0.1, 0.15) is 12.7 Å². The molecule has 1 aliphatic rings. The average Bonchev–Trinajstić information content (AvgIpc) is 2.90. The van der Waals surface area contributed by atoms with Crippen LogP contribution in [-0.2, 0) is 11.3 Å². The number of fused-ring (bicyclic) bond motifs is 1. The van der Waals surface area contributed by atoms with E-state index in [1.54, 1.807) is 11.3 Å². The number of aromatic nitrogens is 2. The van der Waals surface area contributed by atoms with Gasteiger partial charge in [0.2, 0.25) is 0 Å². The number of rotatable bonds is 3. The van der Waals surface area contributed by atoms with Crippen LogP contribution < -0.4 is 5.73 Å². The van der Waals surface area contributed by atoms with E-state index in [1.807, 2.05) is 11.4 Å². The van der Waals surface area contributed by atoms with Gasteiger partial charge in [-0.15, -0.1) is 11.3 Å². The van der Waals surface area contributed by atoms with Crippen molar-refractivity contribution < 1.29 is 9.84 Å². The quantitative estimate of drug-likeness (QED) is 0.873. The number of hydrogen-bond acceptors (Lipinski definition) is 7. The van der Waals surface area contributed by atoms with Crippen molar-refractivity contribution in [2.75, 3.05) is 25.5 Å². The molecule has 0 spiro atoms. The van der Waals surface area contributed by atoms with Gasteiger partial charge in [0.1, 0.15) is 16.5 Å². The third-order valence-corrected chi connectivity index (χ3v) is 4.39. The number of aliphatic hydroxyl groups is 1. The van der Waals surface area contributed by atoms with E-state index in [0.29, 0.717) is 25.5 Å². The second-order valence-corrected chi connectivity index (χ2v) is 5.98. The molecule has 0 amide bonds. The van der Waals surface area contributed by atoms with Crippen molar-refractivity contribution in [3.63, 3.8) is 0 Å². The highest BCUT2D eigenvalue weighted by Gasteiger charge is 2.26. The fourth-order valence-electron chi connectivity index (χ4n) is 2.38. The van der Waals surface area contributed by atoms with Crippen LogP contribution in [0.15, 0.2) is 11.4 Å². The van der Waals surface area contributed by atoms with E-state index >= 15 is 0 Å². The molecule has 0 radical (unpaired) electrons. The maximum atomic E-state index is 9.22. The molecule has 3 heterocycles. The number of hydrogen-bond donors (Lipinski definition) is 2. The van der Waals surface area contributed by atoms with Gasteiger partial charge in [-0.05, 0) is 18.4 Å². The molecule has 3 N–H and O–H groups in total. The number of nitrogens with zero attached hydrogens (tertiary/aromatic N) is 3. The third kappa shape index (κ3) is 2.62. The molecule has 3 rings (SSSR count). The predicted molar refractivity (Wildman–Crippen MR) is 78.5 cm³/mol. The lowest BCUT2D eigenvalue weighted by molar-refractivity contribution is -0.0811. The van der Waals surface area contributed by atoms with Crippen molar-refractivity contribution in [2.45, 2.75) is 25.6 Å². The second-order valence-electron chi connectivity index (χ2n) is 5.08. The van der Waals surface area contributed by atoms with E-state index in [2.05, 4.69) is 21.8 Å². The first-order chi connectivity index (χ1) is 9.67. The molecule has 2 atom stereocenters. The van der Waals surface area contributed by atoms with E-state index in [4.69, 9.17) is 10.5 Å². The van der Waals surface area contributed by atoms with Crippen LogP contribution in [0, 0.1) is 0 Å². The van der Waals surface area contributed by atoms with Gasteiger partial charge in [0.25, 0.3) is 0 Å². The summed E-state index contributed by atoms with van der Waals surface area (Å²) in [6.45, 7) is 4.06. The zero-order chi connectivity index (χ0) is 14.1. The maximum Gasteiger partial charge on any atom is 0.146 e. The Balaban J connectivity index is 1.81. The number of thiophene rings is 1. The summed E-state index contributed by atoms with van der Waals surface area (Å²) in [6, 6.07) is 2.22. The molecule has 0 aliphatic carbocycles. The Morgan fingerprint density at radius 1 is 1.55 bits per heavy atom. The van der Waals surface area contributed by atoms with E-state index in [0.717, 1.165) is 16.0 Å². The van der Waals surface area contributed by atoms with E-state index in [1.165, 1.54) is 0 Å². The molecule has 7 heteroatoms. The lowest BCUT2D eigenvalue weighted by atomic mass is 10.2. The summed E-state index contributed by atoms with van der Waals surface area (Å²) in [6.07, 6.45) is -0.131. The van der Waals surface area contributed by atoms with Gasteiger partial charge in [0, 0.05) is 12.6 Å². The van der Waals surface area contributed by atoms with Gasteiger partial charge in [-0.25, -0.2) is 9.97 Å². The molecule has 1 saturated heterocycles. The SMILES string of the molecule is CC1COC(CO)CN1Cc1nc(N)c2ccsc2n1. The van der Waals surface area contributed by atoms with Crippen LogP contribution in [0.25, 0.3) is 10.2 Å². The molecule has 2 aromatic rings.